The summed E-state index contributed by atoms with van der Waals surface area (Å²) in [5, 5.41) is 10.4. The second-order valence-electron chi connectivity index (χ2n) is 5.41. The normalized spacial score (nSPS) is 20.2. The Bertz CT molecular complexity index is 192. The third kappa shape index (κ3) is 10.6. The fourth-order valence-electron chi connectivity index (χ4n) is 2.28. The van der Waals surface area contributed by atoms with Crippen molar-refractivity contribution in [2.24, 2.45) is 0 Å². The molecule has 0 radical (unpaired) electrons. The first kappa shape index (κ1) is 17.9. The van der Waals surface area contributed by atoms with E-state index in [1.54, 1.807) is 0 Å². The van der Waals surface area contributed by atoms with E-state index >= 15 is 0 Å². The molecular weight excluding hydrogens is 252 g/mol. The highest BCUT2D eigenvalue weighted by atomic mass is 16.5. The molecule has 1 aliphatic rings. The minimum absolute atomic E-state index is 0.904. The Kier molecular flexibility index (Phi) is 12.3. The predicted molar refractivity (Wildman–Crippen MR) is 85.4 cm³/mol. The second-order valence-corrected chi connectivity index (χ2v) is 5.41. The average Bonchev–Trinajstić information content (AvgIpc) is 2.45. The molecule has 1 rings (SSSR count). The lowest BCUT2D eigenvalue weighted by atomic mass is 10.3. The number of hydrogen-bond donors (Lipinski definition) is 3. The lowest BCUT2D eigenvalue weighted by Gasteiger charge is -2.23. The standard InChI is InChI=1S/C15H34N4O/c1-2-3-14-20-15-4-11-19-12-9-17-7-5-16-6-8-18-10-13-19/h16-18H,2-15H2,1H3. The first-order valence-electron chi connectivity index (χ1n) is 8.35. The predicted octanol–water partition coefficient (Wildman–Crippen LogP) is 0.278. The molecular formula is C15H34N4O. The van der Waals surface area contributed by atoms with E-state index in [4.69, 9.17) is 4.74 Å². The maximum Gasteiger partial charge on any atom is 0.0478 e. The van der Waals surface area contributed by atoms with Crippen LogP contribution in [0, 0.1) is 0 Å². The third-order valence-corrected chi connectivity index (χ3v) is 3.57. The molecule has 0 atom stereocenters. The zero-order valence-corrected chi connectivity index (χ0v) is 13.3. The van der Waals surface area contributed by atoms with Crippen molar-refractivity contribution < 1.29 is 4.74 Å². The van der Waals surface area contributed by atoms with Crippen LogP contribution in [0.5, 0.6) is 0 Å². The van der Waals surface area contributed by atoms with Gasteiger partial charge in [-0.2, -0.15) is 0 Å². The maximum atomic E-state index is 5.64. The number of hydrogen-bond acceptors (Lipinski definition) is 5. The van der Waals surface area contributed by atoms with E-state index in [2.05, 4.69) is 27.8 Å². The number of nitrogens with zero attached hydrogens (tertiary/aromatic N) is 1. The lowest BCUT2D eigenvalue weighted by Crippen LogP contribution is -2.42. The fraction of sp³-hybridized carbons (Fsp3) is 1.00. The van der Waals surface area contributed by atoms with E-state index in [-0.39, 0.29) is 0 Å². The Hall–Kier alpha value is -0.200. The number of nitrogens with one attached hydrogen (secondary N) is 3. The Morgan fingerprint density at radius 3 is 1.95 bits per heavy atom. The van der Waals surface area contributed by atoms with E-state index < -0.39 is 0 Å². The molecule has 120 valence electrons. The molecule has 0 spiro atoms. The molecule has 5 heteroatoms. The SMILES string of the molecule is CCCCOCCCN1CCNCCNCCNCC1. The van der Waals surface area contributed by atoms with Crippen molar-refractivity contribution in [1.82, 2.24) is 20.9 Å². The van der Waals surface area contributed by atoms with Crippen LogP contribution in [-0.4, -0.2) is 77.0 Å². The summed E-state index contributed by atoms with van der Waals surface area (Å²) in [5.74, 6) is 0. The molecule has 0 saturated carbocycles. The average molecular weight is 286 g/mol. The van der Waals surface area contributed by atoms with Crippen LogP contribution in [0.2, 0.25) is 0 Å². The first-order chi connectivity index (χ1) is 9.93. The Morgan fingerprint density at radius 2 is 1.35 bits per heavy atom. The second kappa shape index (κ2) is 13.8. The van der Waals surface area contributed by atoms with Crippen LogP contribution in [0.3, 0.4) is 0 Å². The molecule has 0 amide bonds. The smallest absolute Gasteiger partial charge is 0.0478 e. The summed E-state index contributed by atoms with van der Waals surface area (Å²) < 4.78 is 5.64. The zero-order chi connectivity index (χ0) is 14.3. The highest BCUT2D eigenvalue weighted by Gasteiger charge is 2.05. The molecule has 1 aliphatic heterocycles. The summed E-state index contributed by atoms with van der Waals surface area (Å²) in [7, 11) is 0. The van der Waals surface area contributed by atoms with Crippen LogP contribution in [0.1, 0.15) is 26.2 Å². The third-order valence-electron chi connectivity index (χ3n) is 3.57. The highest BCUT2D eigenvalue weighted by molar-refractivity contribution is 4.64. The summed E-state index contributed by atoms with van der Waals surface area (Å²) in [4.78, 5) is 2.54. The lowest BCUT2D eigenvalue weighted by molar-refractivity contribution is 0.118. The minimum atomic E-state index is 0.904. The van der Waals surface area contributed by atoms with Crippen molar-refractivity contribution in [1.29, 1.82) is 0 Å². The topological polar surface area (TPSA) is 48.6 Å². The molecule has 0 aliphatic carbocycles. The van der Waals surface area contributed by atoms with E-state index in [1.165, 1.54) is 12.8 Å². The van der Waals surface area contributed by atoms with E-state index in [0.717, 1.165) is 78.5 Å². The van der Waals surface area contributed by atoms with Gasteiger partial charge in [0.15, 0.2) is 0 Å². The van der Waals surface area contributed by atoms with Gasteiger partial charge in [0.05, 0.1) is 0 Å². The van der Waals surface area contributed by atoms with Gasteiger partial charge in [-0.15, -0.1) is 0 Å². The van der Waals surface area contributed by atoms with Crippen LogP contribution in [0.15, 0.2) is 0 Å². The molecule has 0 aromatic rings. The summed E-state index contributed by atoms with van der Waals surface area (Å²) in [6.45, 7) is 13.9. The van der Waals surface area contributed by atoms with Crippen molar-refractivity contribution in [2.75, 3.05) is 72.1 Å². The molecule has 20 heavy (non-hydrogen) atoms. The summed E-state index contributed by atoms with van der Waals surface area (Å²) in [6.07, 6.45) is 3.55. The molecule has 1 saturated heterocycles. The molecule has 1 heterocycles. The zero-order valence-electron chi connectivity index (χ0n) is 13.3. The van der Waals surface area contributed by atoms with Crippen LogP contribution in [0.4, 0.5) is 0 Å². The van der Waals surface area contributed by atoms with Gasteiger partial charge in [0.1, 0.15) is 0 Å². The highest BCUT2D eigenvalue weighted by Crippen LogP contribution is 1.94. The fourth-order valence-corrected chi connectivity index (χ4v) is 2.28. The molecule has 3 N–H and O–H groups in total. The van der Waals surface area contributed by atoms with Gasteiger partial charge in [0.2, 0.25) is 0 Å². The van der Waals surface area contributed by atoms with Gasteiger partial charge in [0.25, 0.3) is 0 Å². The number of unbranched alkanes of at least 4 members (excludes halogenated alkanes) is 1. The van der Waals surface area contributed by atoms with Gasteiger partial charge < -0.3 is 25.6 Å². The van der Waals surface area contributed by atoms with Crippen LogP contribution >= 0.6 is 0 Å². The van der Waals surface area contributed by atoms with Gasteiger partial charge in [-0.05, 0) is 12.8 Å². The summed E-state index contributed by atoms with van der Waals surface area (Å²) in [6, 6.07) is 0. The van der Waals surface area contributed by atoms with E-state index in [1.807, 2.05) is 0 Å². The van der Waals surface area contributed by atoms with Crippen molar-refractivity contribution in [3.05, 3.63) is 0 Å². The van der Waals surface area contributed by atoms with Crippen molar-refractivity contribution >= 4 is 0 Å². The van der Waals surface area contributed by atoms with Gasteiger partial charge in [-0.1, -0.05) is 13.3 Å². The summed E-state index contributed by atoms with van der Waals surface area (Å²) in [5.41, 5.74) is 0. The van der Waals surface area contributed by atoms with E-state index in [0.29, 0.717) is 0 Å². The van der Waals surface area contributed by atoms with Crippen LogP contribution in [-0.2, 0) is 4.74 Å². The number of ether oxygens (including phenoxy) is 1. The Balaban J connectivity index is 2.08. The monoisotopic (exact) mass is 286 g/mol. The first-order valence-corrected chi connectivity index (χ1v) is 8.35. The van der Waals surface area contributed by atoms with Crippen LogP contribution in [0.25, 0.3) is 0 Å². The van der Waals surface area contributed by atoms with Gasteiger partial charge in [0, 0.05) is 72.1 Å². The quantitative estimate of drug-likeness (QED) is 0.587. The largest absolute Gasteiger partial charge is 0.381 e. The maximum absolute atomic E-state index is 5.64. The molecule has 5 nitrogen and oxygen atoms in total. The Labute approximate surface area is 124 Å². The van der Waals surface area contributed by atoms with E-state index in [9.17, 15) is 0 Å². The molecule has 0 aromatic heterocycles. The van der Waals surface area contributed by atoms with Crippen molar-refractivity contribution in [2.45, 2.75) is 26.2 Å². The van der Waals surface area contributed by atoms with Crippen LogP contribution < -0.4 is 16.0 Å². The minimum Gasteiger partial charge on any atom is -0.381 e. The van der Waals surface area contributed by atoms with Crippen molar-refractivity contribution in [3.8, 4) is 0 Å². The van der Waals surface area contributed by atoms with Gasteiger partial charge in [-0.25, -0.2) is 0 Å². The Morgan fingerprint density at radius 1 is 0.800 bits per heavy atom. The van der Waals surface area contributed by atoms with Gasteiger partial charge in [-0.3, -0.25) is 0 Å². The van der Waals surface area contributed by atoms with Crippen molar-refractivity contribution in [3.63, 3.8) is 0 Å². The summed E-state index contributed by atoms with van der Waals surface area (Å²) >= 11 is 0. The molecule has 0 bridgehead atoms. The molecule has 1 fully saturated rings. The molecule has 0 aromatic carbocycles. The van der Waals surface area contributed by atoms with Gasteiger partial charge >= 0.3 is 0 Å². The number of rotatable bonds is 7. The molecule has 0 unspecified atom stereocenters.